The van der Waals surface area contributed by atoms with E-state index in [9.17, 15) is 9.59 Å². The minimum absolute atomic E-state index is 0.0559. The fourth-order valence-electron chi connectivity index (χ4n) is 7.64. The molecule has 2 N–H and O–H groups in total. The lowest BCUT2D eigenvalue weighted by Gasteiger charge is -2.34. The van der Waals surface area contributed by atoms with Crippen LogP contribution >= 0.6 is 0 Å². The Hall–Kier alpha value is -5.32. The molecule has 0 saturated carbocycles. The Balaban J connectivity index is 0.772. The Morgan fingerprint density at radius 3 is 1.46 bits per heavy atom. The van der Waals surface area contributed by atoms with Gasteiger partial charge in [0.1, 0.15) is 12.7 Å². The van der Waals surface area contributed by atoms with Gasteiger partial charge in [0.15, 0.2) is 10.9 Å². The van der Waals surface area contributed by atoms with E-state index in [1.54, 1.807) is 0 Å². The summed E-state index contributed by atoms with van der Waals surface area (Å²) in [4.78, 5) is 41.2. The van der Waals surface area contributed by atoms with Crippen LogP contribution in [0.5, 0.6) is 0 Å². The lowest BCUT2D eigenvalue weighted by atomic mass is 10.1. The fraction of sp³-hybridized carbons (Fsp3) is 0.263. The summed E-state index contributed by atoms with van der Waals surface area (Å²) in [5.74, 6) is 0. The first-order chi connectivity index (χ1) is 23.7. The molecule has 4 aromatic carbocycles. The Bertz CT molecular complexity index is 2370. The smallest absolute Gasteiger partial charge is 0.199 e. The predicted molar refractivity (Wildman–Crippen MR) is 194 cm³/mol. The molecule has 1 fully saturated rings. The molecule has 5 heterocycles. The van der Waals surface area contributed by atoms with Crippen LogP contribution in [0.25, 0.3) is 54.6 Å². The SMILES string of the molecule is O=c1c2ccccc2n2cnc3ccc(NCCCN4CCN(CCCNc5ccc6ncn7c8ccccc8c(=O)c5c67)CC4)c1c32. The number of para-hydroxylation sites is 2. The van der Waals surface area contributed by atoms with Gasteiger partial charge < -0.3 is 20.4 Å². The second kappa shape index (κ2) is 11.7. The third kappa shape index (κ3) is 4.70. The molecule has 0 unspecified atom stereocenters. The molecule has 10 nitrogen and oxygen atoms in total. The summed E-state index contributed by atoms with van der Waals surface area (Å²) in [7, 11) is 0. The van der Waals surface area contributed by atoms with E-state index in [-0.39, 0.29) is 10.9 Å². The Morgan fingerprint density at radius 2 is 1.00 bits per heavy atom. The first-order valence-corrected chi connectivity index (χ1v) is 16.9. The summed E-state index contributed by atoms with van der Waals surface area (Å²) in [5, 5.41) is 9.99. The first-order valence-electron chi connectivity index (χ1n) is 16.9. The van der Waals surface area contributed by atoms with Gasteiger partial charge in [-0.15, -0.1) is 0 Å². The maximum atomic E-state index is 13.5. The van der Waals surface area contributed by atoms with Crippen LogP contribution in [-0.4, -0.2) is 80.9 Å². The summed E-state index contributed by atoms with van der Waals surface area (Å²) in [6.07, 6.45) is 5.63. The highest BCUT2D eigenvalue weighted by atomic mass is 16.1. The first kappa shape index (κ1) is 28.9. The summed E-state index contributed by atoms with van der Waals surface area (Å²) in [5.41, 5.74) is 7.11. The quantitative estimate of drug-likeness (QED) is 0.158. The van der Waals surface area contributed by atoms with E-state index in [0.717, 1.165) is 120 Å². The van der Waals surface area contributed by atoms with E-state index < -0.39 is 0 Å². The van der Waals surface area contributed by atoms with Crippen LogP contribution in [0.15, 0.2) is 95.0 Å². The normalized spacial score (nSPS) is 14.8. The van der Waals surface area contributed by atoms with Crippen molar-refractivity contribution < 1.29 is 0 Å². The van der Waals surface area contributed by atoms with Gasteiger partial charge in [0, 0.05) is 61.4 Å². The van der Waals surface area contributed by atoms with Gasteiger partial charge >= 0.3 is 0 Å². The van der Waals surface area contributed by atoms with Crippen LogP contribution < -0.4 is 21.5 Å². The molecule has 0 atom stereocenters. The minimum Gasteiger partial charge on any atom is -0.384 e. The van der Waals surface area contributed by atoms with Crippen molar-refractivity contribution in [3.63, 3.8) is 0 Å². The molecule has 240 valence electrons. The number of hydrogen-bond acceptors (Lipinski definition) is 8. The summed E-state index contributed by atoms with van der Waals surface area (Å²) >= 11 is 0. The topological polar surface area (TPSA) is 99.3 Å². The number of aromatic nitrogens is 4. The van der Waals surface area contributed by atoms with Gasteiger partial charge in [-0.25, -0.2) is 9.97 Å². The Labute approximate surface area is 275 Å². The summed E-state index contributed by atoms with van der Waals surface area (Å²) in [6, 6.07) is 23.5. The number of imidazole rings is 2. The van der Waals surface area contributed by atoms with Crippen LogP contribution in [0.4, 0.5) is 11.4 Å². The van der Waals surface area contributed by atoms with Crippen molar-refractivity contribution in [1.82, 2.24) is 28.6 Å². The van der Waals surface area contributed by atoms with Gasteiger partial charge in [0.25, 0.3) is 0 Å². The Kier molecular flexibility index (Phi) is 7.05. The van der Waals surface area contributed by atoms with Gasteiger partial charge in [0.05, 0.1) is 43.9 Å². The molecule has 48 heavy (non-hydrogen) atoms. The second-order valence-corrected chi connectivity index (χ2v) is 12.9. The van der Waals surface area contributed by atoms with Crippen molar-refractivity contribution in [2.24, 2.45) is 0 Å². The third-order valence-electron chi connectivity index (χ3n) is 10.1. The van der Waals surface area contributed by atoms with E-state index in [2.05, 4.69) is 30.4 Å². The lowest BCUT2D eigenvalue weighted by Crippen LogP contribution is -2.47. The van der Waals surface area contributed by atoms with Gasteiger partial charge in [-0.3, -0.25) is 18.4 Å². The largest absolute Gasteiger partial charge is 0.384 e. The highest BCUT2D eigenvalue weighted by molar-refractivity contribution is 6.08. The molecule has 0 radical (unpaired) electrons. The molecule has 1 saturated heterocycles. The summed E-state index contributed by atoms with van der Waals surface area (Å²) in [6.45, 7) is 7.86. The van der Waals surface area contributed by atoms with Crippen molar-refractivity contribution in [2.75, 3.05) is 63.0 Å². The highest BCUT2D eigenvalue weighted by Gasteiger charge is 2.19. The van der Waals surface area contributed by atoms with E-state index in [4.69, 9.17) is 0 Å². The molecule has 0 bridgehead atoms. The van der Waals surface area contributed by atoms with E-state index in [1.165, 1.54) is 0 Å². The zero-order chi connectivity index (χ0) is 32.2. The molecule has 0 aliphatic carbocycles. The van der Waals surface area contributed by atoms with Crippen molar-refractivity contribution in [2.45, 2.75) is 12.8 Å². The maximum absolute atomic E-state index is 13.5. The molecule has 0 spiro atoms. The minimum atomic E-state index is 0.0559. The number of rotatable bonds is 10. The van der Waals surface area contributed by atoms with Crippen LogP contribution in [0.1, 0.15) is 12.8 Å². The highest BCUT2D eigenvalue weighted by Crippen LogP contribution is 2.30. The molecule has 1 aliphatic heterocycles. The number of piperazine rings is 1. The predicted octanol–water partition coefficient (Wildman–Crippen LogP) is 5.11. The fourth-order valence-corrected chi connectivity index (χ4v) is 7.64. The number of nitrogens with zero attached hydrogens (tertiary/aromatic N) is 6. The monoisotopic (exact) mass is 636 g/mol. The number of nitrogens with one attached hydrogen (secondary N) is 2. The number of pyridine rings is 2. The van der Waals surface area contributed by atoms with Crippen molar-refractivity contribution in [3.05, 3.63) is 106 Å². The second-order valence-electron chi connectivity index (χ2n) is 12.9. The summed E-state index contributed by atoms with van der Waals surface area (Å²) < 4.78 is 4.07. The number of hydrogen-bond donors (Lipinski definition) is 2. The molecule has 1 aliphatic rings. The van der Waals surface area contributed by atoms with Gasteiger partial charge in [0.2, 0.25) is 0 Å². The molecular weight excluding hydrogens is 600 g/mol. The van der Waals surface area contributed by atoms with Crippen molar-refractivity contribution in [3.8, 4) is 0 Å². The third-order valence-corrected chi connectivity index (χ3v) is 10.1. The molecular formula is C38H36N8O2. The van der Waals surface area contributed by atoms with Gasteiger partial charge in [-0.2, -0.15) is 0 Å². The average Bonchev–Trinajstić information content (AvgIpc) is 3.76. The molecule has 10 heteroatoms. The van der Waals surface area contributed by atoms with Crippen LogP contribution in [0.3, 0.4) is 0 Å². The number of fused-ring (bicyclic) bond motifs is 4. The van der Waals surface area contributed by atoms with E-state index in [0.29, 0.717) is 10.8 Å². The zero-order valence-electron chi connectivity index (χ0n) is 26.7. The molecule has 0 amide bonds. The van der Waals surface area contributed by atoms with E-state index >= 15 is 0 Å². The molecule has 4 aromatic heterocycles. The maximum Gasteiger partial charge on any atom is 0.199 e. The zero-order valence-corrected chi connectivity index (χ0v) is 26.7. The Morgan fingerprint density at radius 1 is 0.562 bits per heavy atom. The molecule has 9 rings (SSSR count). The van der Waals surface area contributed by atoms with Crippen LogP contribution in [-0.2, 0) is 0 Å². The van der Waals surface area contributed by atoms with Crippen molar-refractivity contribution >= 4 is 66.0 Å². The number of benzene rings is 4. The van der Waals surface area contributed by atoms with Crippen molar-refractivity contribution in [1.29, 1.82) is 0 Å². The van der Waals surface area contributed by atoms with Crippen LogP contribution in [0.2, 0.25) is 0 Å². The molecule has 8 aromatic rings. The standard InChI is InChI=1S/C38H36N8O2/c47-37-25-7-1-3-9-31(25)45-23-41-29-13-11-27(33(37)35(29)45)39-15-5-17-43-19-21-44(22-20-43)18-6-16-40-28-12-14-30-36-34(28)38(48)26-8-2-4-10-32(26)46(36)24-42-30/h1-4,7-14,23-24,39-40H,5-6,15-22H2. The average molecular weight is 637 g/mol. The lowest BCUT2D eigenvalue weighted by molar-refractivity contribution is 0.132. The van der Waals surface area contributed by atoms with Gasteiger partial charge in [-0.05, 0) is 74.5 Å². The van der Waals surface area contributed by atoms with Gasteiger partial charge in [-0.1, -0.05) is 24.3 Å². The number of anilines is 2. The van der Waals surface area contributed by atoms with Crippen LogP contribution in [0, 0.1) is 0 Å². The van der Waals surface area contributed by atoms with E-state index in [1.807, 2.05) is 94.3 Å².